The van der Waals surface area contributed by atoms with E-state index in [9.17, 15) is 9.59 Å². The van der Waals surface area contributed by atoms with Crippen molar-refractivity contribution in [3.63, 3.8) is 0 Å². The van der Waals surface area contributed by atoms with Crippen LogP contribution in [-0.4, -0.2) is 60.2 Å². The largest absolute Gasteiger partial charge is 0.306 e. The molecule has 12 heteroatoms. The molecular formula is C60H66N10O2. The molecule has 0 saturated carbocycles. The van der Waals surface area contributed by atoms with Gasteiger partial charge in [0.2, 0.25) is 0 Å². The summed E-state index contributed by atoms with van der Waals surface area (Å²) in [6.45, 7) is 14.2. The second kappa shape index (κ2) is 22.6. The Morgan fingerprint density at radius 1 is 0.556 bits per heavy atom. The molecule has 4 aromatic heterocycles. The first-order valence-electron chi connectivity index (χ1n) is 25.8. The fourth-order valence-electron chi connectivity index (χ4n) is 9.87. The van der Waals surface area contributed by atoms with Crippen LogP contribution < -0.4 is 0 Å². The van der Waals surface area contributed by atoms with Crippen molar-refractivity contribution in [3.05, 3.63) is 189 Å². The molecule has 0 N–H and O–H groups in total. The van der Waals surface area contributed by atoms with E-state index in [1.165, 1.54) is 22.3 Å². The van der Waals surface area contributed by atoms with Gasteiger partial charge in [0, 0.05) is 72.7 Å². The van der Waals surface area contributed by atoms with Gasteiger partial charge in [0.25, 0.3) is 0 Å². The molecule has 0 aliphatic carbocycles. The van der Waals surface area contributed by atoms with E-state index in [1.54, 1.807) is 0 Å². The van der Waals surface area contributed by atoms with Crippen molar-refractivity contribution in [2.75, 3.05) is 0 Å². The van der Waals surface area contributed by atoms with Gasteiger partial charge in [-0.2, -0.15) is 10.2 Å². The Balaban J connectivity index is 0.000000178. The second-order valence-electron chi connectivity index (χ2n) is 19.4. The number of aromatic nitrogens is 10. The van der Waals surface area contributed by atoms with Crippen molar-refractivity contribution in [1.29, 1.82) is 0 Å². The number of ketones is 2. The highest BCUT2D eigenvalue weighted by Gasteiger charge is 2.27. The van der Waals surface area contributed by atoms with Gasteiger partial charge in [-0.15, -0.1) is 0 Å². The Labute approximate surface area is 423 Å². The predicted octanol–water partition coefficient (Wildman–Crippen LogP) is 13.1. The molecule has 2 aliphatic rings. The normalized spacial score (nSPS) is 15.4. The zero-order valence-electron chi connectivity index (χ0n) is 42.6. The summed E-state index contributed by atoms with van der Waals surface area (Å²) in [6.07, 6.45) is 25.3. The third kappa shape index (κ3) is 11.6. The maximum absolute atomic E-state index is 12.4. The summed E-state index contributed by atoms with van der Waals surface area (Å²) in [5.74, 6) is 4.34. The molecule has 6 heterocycles. The number of aryl methyl sites for hydroxylation is 6. The van der Waals surface area contributed by atoms with Crippen LogP contribution in [0.25, 0.3) is 35.7 Å². The standard InChI is InChI=1S/2C30H33N5O/c2*1-4-5-8-28(36)25-13-11-24(12-14-25)26-7-6-17-35-30(26)32-29(33-35)16-10-23-9-15-27(21(2)18-23)34-19-22(3)31-20-34/h2*9-16,18-20,26H,4-8,17H2,1-3H3/b2*16-10+/t2*26-/m10/s1. The Morgan fingerprint density at radius 3 is 1.33 bits per heavy atom. The van der Waals surface area contributed by atoms with Crippen molar-refractivity contribution in [3.8, 4) is 11.4 Å². The minimum Gasteiger partial charge on any atom is -0.306 e. The molecule has 4 aromatic carbocycles. The predicted molar refractivity (Wildman–Crippen MR) is 287 cm³/mol. The lowest BCUT2D eigenvalue weighted by Crippen LogP contribution is -2.18. The van der Waals surface area contributed by atoms with E-state index in [0.29, 0.717) is 12.8 Å². The fraction of sp³-hybridized carbons (Fsp3) is 0.333. The van der Waals surface area contributed by atoms with Crippen LogP contribution >= 0.6 is 0 Å². The SMILES string of the molecule is CCCCC(=O)c1ccc([C@@H]2CCCn3nc(/C=C/c4ccc(-n5cnc(C)c5)c(C)c4)nc32)cc1.CCCCC(=O)c1ccc([C@H]2CCCn3nc(/C=C/c4ccc(-n5cnc(C)c5)c(C)c4)nc32)cc1. The van der Waals surface area contributed by atoms with E-state index >= 15 is 0 Å². The van der Waals surface area contributed by atoms with E-state index in [0.717, 1.165) is 133 Å². The Hall–Kier alpha value is -7.60. The van der Waals surface area contributed by atoms with Crippen LogP contribution in [-0.2, 0) is 13.1 Å². The van der Waals surface area contributed by atoms with Crippen molar-refractivity contribution < 1.29 is 9.59 Å². The molecule has 12 nitrogen and oxygen atoms in total. The first-order chi connectivity index (χ1) is 35.0. The average molecular weight is 959 g/mol. The molecule has 0 radical (unpaired) electrons. The molecule has 2 atom stereocenters. The number of Topliss-reactive ketones (excluding diaryl/α,β-unsaturated/α-hetero) is 2. The van der Waals surface area contributed by atoms with Gasteiger partial charge in [-0.05, 0) is 136 Å². The molecule has 0 fully saturated rings. The number of hydrogen-bond donors (Lipinski definition) is 0. The molecule has 8 aromatic rings. The number of carbonyl (C=O) groups is 2. The summed E-state index contributed by atoms with van der Waals surface area (Å²) in [5.41, 5.74) is 12.9. The lowest BCUT2D eigenvalue weighted by atomic mass is 9.90. The third-order valence-corrected chi connectivity index (χ3v) is 13.8. The first-order valence-corrected chi connectivity index (χ1v) is 25.8. The molecule has 0 saturated heterocycles. The quantitative estimate of drug-likeness (QED) is 0.0875. The van der Waals surface area contributed by atoms with Gasteiger partial charge >= 0.3 is 0 Å². The highest BCUT2D eigenvalue weighted by atomic mass is 16.1. The van der Waals surface area contributed by atoms with Crippen molar-refractivity contribution in [2.45, 2.75) is 131 Å². The van der Waals surface area contributed by atoms with Crippen LogP contribution in [0, 0.1) is 27.7 Å². The summed E-state index contributed by atoms with van der Waals surface area (Å²) in [4.78, 5) is 43.2. The lowest BCUT2D eigenvalue weighted by Gasteiger charge is -2.22. The van der Waals surface area contributed by atoms with Crippen molar-refractivity contribution >= 4 is 35.9 Å². The van der Waals surface area contributed by atoms with E-state index in [2.05, 4.69) is 120 Å². The van der Waals surface area contributed by atoms with Crippen LogP contribution in [0.1, 0.15) is 179 Å². The van der Waals surface area contributed by atoms with E-state index in [1.807, 2.05) is 84.7 Å². The monoisotopic (exact) mass is 959 g/mol. The Morgan fingerprint density at radius 2 is 0.972 bits per heavy atom. The second-order valence-corrected chi connectivity index (χ2v) is 19.4. The summed E-state index contributed by atoms with van der Waals surface area (Å²) < 4.78 is 8.20. The Bertz CT molecular complexity index is 3000. The molecule has 72 heavy (non-hydrogen) atoms. The van der Waals surface area contributed by atoms with Gasteiger partial charge in [0.1, 0.15) is 11.6 Å². The molecule has 0 bridgehead atoms. The zero-order valence-corrected chi connectivity index (χ0v) is 42.6. The summed E-state index contributed by atoms with van der Waals surface area (Å²) in [7, 11) is 0. The van der Waals surface area contributed by atoms with Crippen LogP contribution in [0.4, 0.5) is 0 Å². The highest BCUT2D eigenvalue weighted by molar-refractivity contribution is 5.96. The number of imidazole rings is 2. The summed E-state index contributed by atoms with van der Waals surface area (Å²) in [6, 6.07) is 29.1. The summed E-state index contributed by atoms with van der Waals surface area (Å²) in [5, 5.41) is 9.53. The third-order valence-electron chi connectivity index (χ3n) is 13.8. The molecule has 0 spiro atoms. The van der Waals surface area contributed by atoms with Gasteiger partial charge in [-0.1, -0.05) is 99.5 Å². The minimum absolute atomic E-state index is 0.202. The number of fused-ring (bicyclic) bond motifs is 2. The van der Waals surface area contributed by atoms with Gasteiger partial charge in [0.15, 0.2) is 23.2 Å². The van der Waals surface area contributed by atoms with E-state index in [-0.39, 0.29) is 23.4 Å². The first kappa shape index (κ1) is 49.4. The smallest absolute Gasteiger partial charge is 0.174 e. The fourth-order valence-corrected chi connectivity index (χ4v) is 9.87. The van der Waals surface area contributed by atoms with Gasteiger partial charge in [-0.3, -0.25) is 9.59 Å². The number of unbranched alkanes of at least 4 members (excludes halogenated alkanes) is 2. The van der Waals surface area contributed by atoms with Crippen LogP contribution in [0.5, 0.6) is 0 Å². The van der Waals surface area contributed by atoms with Crippen molar-refractivity contribution in [2.24, 2.45) is 0 Å². The molecule has 2 aliphatic heterocycles. The zero-order chi connectivity index (χ0) is 50.1. The average Bonchev–Trinajstić information content (AvgIpc) is 4.23. The van der Waals surface area contributed by atoms with Crippen LogP contribution in [0.15, 0.2) is 110 Å². The molecule has 0 unspecified atom stereocenters. The molecular weight excluding hydrogens is 893 g/mol. The summed E-state index contributed by atoms with van der Waals surface area (Å²) >= 11 is 0. The van der Waals surface area contributed by atoms with Gasteiger partial charge in [-0.25, -0.2) is 29.3 Å². The van der Waals surface area contributed by atoms with Gasteiger partial charge in [0.05, 0.1) is 24.0 Å². The molecule has 10 rings (SSSR count). The van der Waals surface area contributed by atoms with Gasteiger partial charge < -0.3 is 9.13 Å². The van der Waals surface area contributed by atoms with E-state index < -0.39 is 0 Å². The van der Waals surface area contributed by atoms with Crippen molar-refractivity contribution in [1.82, 2.24) is 48.6 Å². The topological polar surface area (TPSA) is 131 Å². The lowest BCUT2D eigenvalue weighted by molar-refractivity contribution is 0.0971. The number of rotatable bonds is 16. The Kier molecular flexibility index (Phi) is 15.5. The number of carbonyl (C=O) groups excluding carboxylic acids is 2. The minimum atomic E-state index is 0.202. The van der Waals surface area contributed by atoms with Crippen LogP contribution in [0.2, 0.25) is 0 Å². The molecule has 0 amide bonds. The van der Waals surface area contributed by atoms with Crippen LogP contribution in [0.3, 0.4) is 0 Å². The highest BCUT2D eigenvalue weighted by Crippen LogP contribution is 2.34. The number of benzene rings is 4. The maximum atomic E-state index is 12.4. The molecule has 368 valence electrons. The number of hydrogen-bond acceptors (Lipinski definition) is 8. The number of nitrogens with zero attached hydrogens (tertiary/aromatic N) is 10. The van der Waals surface area contributed by atoms with E-state index in [4.69, 9.17) is 20.2 Å². The maximum Gasteiger partial charge on any atom is 0.174 e.